The van der Waals surface area contributed by atoms with Crippen LogP contribution in [0.4, 0.5) is 0 Å². The van der Waals surface area contributed by atoms with Crippen molar-refractivity contribution < 1.29 is 14.7 Å². The molecule has 2 aliphatic rings. The van der Waals surface area contributed by atoms with Crippen molar-refractivity contribution in [3.8, 4) is 0 Å². The first-order valence-electron chi connectivity index (χ1n) is 7.65. The van der Waals surface area contributed by atoms with Crippen molar-refractivity contribution in [3.63, 3.8) is 0 Å². The molecule has 2 fully saturated rings. The van der Waals surface area contributed by atoms with Crippen molar-refractivity contribution in [2.24, 2.45) is 11.3 Å². The highest BCUT2D eigenvalue weighted by Crippen LogP contribution is 2.35. The number of aliphatic carboxylic acids is 1. The molecule has 0 unspecified atom stereocenters. The molecule has 0 heterocycles. The summed E-state index contributed by atoms with van der Waals surface area (Å²) in [7, 11) is 0. The van der Waals surface area contributed by atoms with Crippen LogP contribution in [0.3, 0.4) is 0 Å². The highest BCUT2D eigenvalue weighted by molar-refractivity contribution is 5.80. The van der Waals surface area contributed by atoms with Gasteiger partial charge < -0.3 is 10.4 Å². The van der Waals surface area contributed by atoms with Gasteiger partial charge in [-0.25, -0.2) is 0 Å². The molecule has 2 rings (SSSR count). The lowest BCUT2D eigenvalue weighted by Crippen LogP contribution is -2.44. The van der Waals surface area contributed by atoms with Gasteiger partial charge in [-0.2, -0.15) is 0 Å². The summed E-state index contributed by atoms with van der Waals surface area (Å²) >= 11 is 0. The molecule has 0 aromatic carbocycles. The van der Waals surface area contributed by atoms with Crippen LogP contribution in [0.1, 0.15) is 64.2 Å². The Morgan fingerprint density at radius 2 is 1.58 bits per heavy atom. The van der Waals surface area contributed by atoms with Crippen LogP contribution in [0.2, 0.25) is 0 Å². The fraction of sp³-hybridized carbons (Fsp3) is 0.867. The van der Waals surface area contributed by atoms with Crippen LogP contribution in [-0.4, -0.2) is 23.5 Å². The maximum atomic E-state index is 12.0. The van der Waals surface area contributed by atoms with Gasteiger partial charge in [0.05, 0.1) is 5.41 Å². The number of carboxylic acids is 1. The summed E-state index contributed by atoms with van der Waals surface area (Å²) in [6.07, 6.45) is 9.75. The van der Waals surface area contributed by atoms with E-state index in [0.717, 1.165) is 51.4 Å². The molecule has 4 nitrogen and oxygen atoms in total. The fourth-order valence-corrected chi connectivity index (χ4v) is 3.46. The van der Waals surface area contributed by atoms with E-state index >= 15 is 0 Å². The van der Waals surface area contributed by atoms with E-state index in [1.807, 2.05) is 0 Å². The Hall–Kier alpha value is -1.06. The first-order chi connectivity index (χ1) is 9.14. The number of rotatable bonds is 4. The quantitative estimate of drug-likeness (QED) is 0.770. The molecule has 0 saturated heterocycles. The molecule has 2 saturated carbocycles. The molecule has 0 bridgehead atoms. The lowest BCUT2D eigenvalue weighted by molar-refractivity contribution is -0.150. The van der Waals surface area contributed by atoms with Gasteiger partial charge in [-0.1, -0.05) is 38.5 Å². The average Bonchev–Trinajstić information content (AvgIpc) is 2.82. The molecular formula is C15H25NO3. The topological polar surface area (TPSA) is 66.4 Å². The van der Waals surface area contributed by atoms with Crippen molar-refractivity contribution >= 4 is 11.9 Å². The third kappa shape index (κ3) is 3.48. The van der Waals surface area contributed by atoms with E-state index in [4.69, 9.17) is 0 Å². The maximum Gasteiger partial charge on any atom is 0.311 e. The van der Waals surface area contributed by atoms with Crippen molar-refractivity contribution in [1.29, 1.82) is 0 Å². The normalized spacial score (nSPS) is 23.8. The molecule has 2 N–H and O–H groups in total. The number of amides is 1. The maximum absolute atomic E-state index is 12.0. The van der Waals surface area contributed by atoms with Crippen LogP contribution >= 0.6 is 0 Å². The first-order valence-corrected chi connectivity index (χ1v) is 7.65. The number of carbonyl (C=O) groups excluding carboxylic acids is 1. The largest absolute Gasteiger partial charge is 0.481 e. The molecular weight excluding hydrogens is 242 g/mol. The Balaban J connectivity index is 1.92. The number of carbonyl (C=O) groups is 2. The molecule has 0 aliphatic heterocycles. The second-order valence-electron chi connectivity index (χ2n) is 6.20. The van der Waals surface area contributed by atoms with Crippen LogP contribution in [0.25, 0.3) is 0 Å². The van der Waals surface area contributed by atoms with Gasteiger partial charge >= 0.3 is 5.97 Å². The van der Waals surface area contributed by atoms with Gasteiger partial charge in [-0.3, -0.25) is 9.59 Å². The predicted octanol–water partition coefficient (Wildman–Crippen LogP) is 2.72. The van der Waals surface area contributed by atoms with E-state index < -0.39 is 11.4 Å². The van der Waals surface area contributed by atoms with Crippen LogP contribution in [0, 0.1) is 11.3 Å². The highest BCUT2D eigenvalue weighted by atomic mass is 16.4. The van der Waals surface area contributed by atoms with Crippen LogP contribution in [0.15, 0.2) is 0 Å². The zero-order chi connectivity index (χ0) is 13.7. The first kappa shape index (κ1) is 14.4. The third-order valence-corrected chi connectivity index (χ3v) is 4.84. The molecule has 1 amide bonds. The van der Waals surface area contributed by atoms with E-state index in [-0.39, 0.29) is 11.8 Å². The number of carboxylic acid groups (broad SMARTS) is 1. The zero-order valence-corrected chi connectivity index (χ0v) is 11.6. The van der Waals surface area contributed by atoms with Gasteiger partial charge in [0.1, 0.15) is 0 Å². The zero-order valence-electron chi connectivity index (χ0n) is 11.6. The summed E-state index contributed by atoms with van der Waals surface area (Å²) in [5.74, 6) is -0.542. The number of hydrogen-bond acceptors (Lipinski definition) is 2. The summed E-state index contributed by atoms with van der Waals surface area (Å²) in [4.78, 5) is 23.6. The molecule has 108 valence electrons. The van der Waals surface area contributed by atoms with Gasteiger partial charge in [0.15, 0.2) is 0 Å². The fourth-order valence-electron chi connectivity index (χ4n) is 3.46. The number of nitrogens with one attached hydrogen (secondary N) is 1. The average molecular weight is 267 g/mol. The van der Waals surface area contributed by atoms with Crippen LogP contribution in [0.5, 0.6) is 0 Å². The summed E-state index contributed by atoms with van der Waals surface area (Å²) in [5.41, 5.74) is -0.717. The van der Waals surface area contributed by atoms with Gasteiger partial charge in [0.25, 0.3) is 0 Å². The Morgan fingerprint density at radius 1 is 1.00 bits per heavy atom. The SMILES string of the molecule is O=C(NCC1(C(=O)O)CCCCCC1)C1CCCC1. The molecule has 4 heteroatoms. The van der Waals surface area contributed by atoms with Gasteiger partial charge in [0.2, 0.25) is 5.91 Å². The van der Waals surface area contributed by atoms with E-state index in [0.29, 0.717) is 19.4 Å². The second kappa shape index (κ2) is 6.40. The van der Waals surface area contributed by atoms with Crippen molar-refractivity contribution in [2.75, 3.05) is 6.54 Å². The van der Waals surface area contributed by atoms with Crippen LogP contribution in [-0.2, 0) is 9.59 Å². The Labute approximate surface area is 115 Å². The molecule has 0 spiro atoms. The third-order valence-electron chi connectivity index (χ3n) is 4.84. The van der Waals surface area contributed by atoms with Gasteiger partial charge in [-0.05, 0) is 25.7 Å². The molecule has 0 aromatic rings. The van der Waals surface area contributed by atoms with Crippen molar-refractivity contribution in [2.45, 2.75) is 64.2 Å². The molecule has 0 radical (unpaired) electrons. The van der Waals surface area contributed by atoms with E-state index in [9.17, 15) is 14.7 Å². The Morgan fingerprint density at radius 3 is 2.11 bits per heavy atom. The van der Waals surface area contributed by atoms with E-state index in [2.05, 4.69) is 5.32 Å². The van der Waals surface area contributed by atoms with Crippen molar-refractivity contribution in [1.82, 2.24) is 5.32 Å². The summed E-state index contributed by atoms with van der Waals surface area (Å²) in [6, 6.07) is 0. The molecule has 2 aliphatic carbocycles. The van der Waals surface area contributed by atoms with Crippen molar-refractivity contribution in [3.05, 3.63) is 0 Å². The lowest BCUT2D eigenvalue weighted by Gasteiger charge is -2.28. The molecule has 0 aromatic heterocycles. The monoisotopic (exact) mass is 267 g/mol. The second-order valence-corrected chi connectivity index (χ2v) is 6.20. The minimum Gasteiger partial charge on any atom is -0.481 e. The van der Waals surface area contributed by atoms with Crippen LogP contribution < -0.4 is 5.32 Å². The minimum atomic E-state index is -0.735. The Bertz CT molecular complexity index is 326. The van der Waals surface area contributed by atoms with Gasteiger partial charge in [-0.15, -0.1) is 0 Å². The summed E-state index contributed by atoms with van der Waals surface area (Å²) in [6.45, 7) is 0.317. The highest BCUT2D eigenvalue weighted by Gasteiger charge is 2.39. The standard InChI is InChI=1S/C15H25NO3/c17-13(12-7-3-4-8-12)16-11-15(14(18)19)9-5-1-2-6-10-15/h12H,1-11H2,(H,16,17)(H,18,19). The predicted molar refractivity (Wildman–Crippen MR) is 72.7 cm³/mol. The lowest BCUT2D eigenvalue weighted by atomic mass is 9.80. The smallest absolute Gasteiger partial charge is 0.311 e. The van der Waals surface area contributed by atoms with E-state index in [1.54, 1.807) is 0 Å². The minimum absolute atomic E-state index is 0.0716. The van der Waals surface area contributed by atoms with E-state index in [1.165, 1.54) is 0 Å². The Kier molecular flexibility index (Phi) is 4.83. The summed E-state index contributed by atoms with van der Waals surface area (Å²) < 4.78 is 0. The number of hydrogen-bond donors (Lipinski definition) is 2. The molecule has 0 atom stereocenters. The molecule has 19 heavy (non-hydrogen) atoms. The summed E-state index contributed by atoms with van der Waals surface area (Å²) in [5, 5.41) is 12.5. The van der Waals surface area contributed by atoms with Gasteiger partial charge in [0, 0.05) is 12.5 Å².